The summed E-state index contributed by atoms with van der Waals surface area (Å²) in [6.45, 7) is 3.21. The monoisotopic (exact) mass is 239 g/mol. The van der Waals surface area contributed by atoms with Crippen LogP contribution < -0.4 is 0 Å². The van der Waals surface area contributed by atoms with Crippen molar-refractivity contribution in [3.05, 3.63) is 0 Å². The van der Waals surface area contributed by atoms with Crippen LogP contribution in [0.1, 0.15) is 33.6 Å². The highest BCUT2D eigenvalue weighted by atomic mass is 19.4. The second-order valence-corrected chi connectivity index (χ2v) is 3.82. The number of halogens is 3. The van der Waals surface area contributed by atoms with Crippen LogP contribution in [0.5, 0.6) is 0 Å². The molecule has 0 aliphatic heterocycles. The number of amides is 1. The van der Waals surface area contributed by atoms with Gasteiger partial charge in [0.2, 0.25) is 5.78 Å². The number of hydrogen-bond donors (Lipinski definition) is 0. The number of hydrogen-bond acceptors (Lipinski definition) is 2. The van der Waals surface area contributed by atoms with E-state index in [1.807, 2.05) is 0 Å². The van der Waals surface area contributed by atoms with Gasteiger partial charge in [0.25, 0.3) is 5.91 Å². The molecule has 0 unspecified atom stereocenters. The molecule has 0 aromatic rings. The fraction of sp³-hybridized carbons (Fsp3) is 0.800. The summed E-state index contributed by atoms with van der Waals surface area (Å²) in [5, 5.41) is 0. The number of rotatable bonds is 5. The molecule has 0 aromatic heterocycles. The molecule has 0 rings (SSSR count). The van der Waals surface area contributed by atoms with Crippen LogP contribution in [0.15, 0.2) is 0 Å². The van der Waals surface area contributed by atoms with Gasteiger partial charge in [0, 0.05) is 12.5 Å². The summed E-state index contributed by atoms with van der Waals surface area (Å²) in [6, 6.07) is -0.644. The average Bonchev–Trinajstić information content (AvgIpc) is 2.11. The maximum Gasteiger partial charge on any atom is 0.406 e. The Labute approximate surface area is 92.6 Å². The van der Waals surface area contributed by atoms with Crippen LogP contribution in [0, 0.1) is 0 Å². The van der Waals surface area contributed by atoms with Gasteiger partial charge in [0.15, 0.2) is 0 Å². The standard InChI is InChI=1S/C10H16F3NO2/c1-4-5-8(15)9(16)14(7(2)3)6-10(11,12)13/h7H,4-6H2,1-3H3. The zero-order chi connectivity index (χ0) is 12.9. The van der Waals surface area contributed by atoms with Gasteiger partial charge in [-0.25, -0.2) is 0 Å². The number of carbonyl (C=O) groups is 2. The summed E-state index contributed by atoms with van der Waals surface area (Å²) in [5.74, 6) is -1.81. The van der Waals surface area contributed by atoms with Crippen molar-refractivity contribution in [1.29, 1.82) is 0 Å². The molecule has 0 aliphatic rings. The first-order valence-electron chi connectivity index (χ1n) is 5.09. The lowest BCUT2D eigenvalue weighted by atomic mass is 10.2. The lowest BCUT2D eigenvalue weighted by Crippen LogP contribution is -2.46. The van der Waals surface area contributed by atoms with Crippen LogP contribution in [0.25, 0.3) is 0 Å². The summed E-state index contributed by atoms with van der Waals surface area (Å²) < 4.78 is 36.5. The first kappa shape index (κ1) is 14.9. The second kappa shape index (κ2) is 5.86. The van der Waals surface area contributed by atoms with Crippen LogP contribution in [-0.4, -0.2) is 35.4 Å². The molecule has 0 saturated carbocycles. The Morgan fingerprint density at radius 2 is 1.75 bits per heavy atom. The fourth-order valence-electron chi connectivity index (χ4n) is 1.18. The first-order chi connectivity index (χ1) is 7.19. The number of ketones is 1. The zero-order valence-electron chi connectivity index (χ0n) is 9.60. The Morgan fingerprint density at radius 1 is 1.25 bits per heavy atom. The van der Waals surface area contributed by atoms with E-state index in [4.69, 9.17) is 0 Å². The van der Waals surface area contributed by atoms with Gasteiger partial charge in [0.05, 0.1) is 0 Å². The van der Waals surface area contributed by atoms with Crippen molar-refractivity contribution in [3.63, 3.8) is 0 Å². The average molecular weight is 239 g/mol. The molecule has 0 saturated heterocycles. The Kier molecular flexibility index (Phi) is 5.47. The van der Waals surface area contributed by atoms with Gasteiger partial charge < -0.3 is 4.90 Å². The third kappa shape index (κ3) is 5.14. The van der Waals surface area contributed by atoms with Crippen LogP contribution in [0.3, 0.4) is 0 Å². The van der Waals surface area contributed by atoms with E-state index in [1.54, 1.807) is 6.92 Å². The maximum absolute atomic E-state index is 12.2. The molecule has 0 bridgehead atoms. The van der Waals surface area contributed by atoms with E-state index in [0.29, 0.717) is 11.3 Å². The minimum atomic E-state index is -4.48. The third-order valence-electron chi connectivity index (χ3n) is 1.95. The summed E-state index contributed by atoms with van der Waals surface area (Å²) >= 11 is 0. The molecule has 16 heavy (non-hydrogen) atoms. The van der Waals surface area contributed by atoms with Crippen molar-refractivity contribution in [1.82, 2.24) is 4.90 Å². The molecular formula is C10H16F3NO2. The van der Waals surface area contributed by atoms with Gasteiger partial charge in [-0.1, -0.05) is 6.92 Å². The topological polar surface area (TPSA) is 37.4 Å². The Morgan fingerprint density at radius 3 is 2.06 bits per heavy atom. The molecule has 0 aromatic carbocycles. The summed E-state index contributed by atoms with van der Waals surface area (Å²) in [7, 11) is 0. The lowest BCUT2D eigenvalue weighted by molar-refractivity contribution is -0.167. The van der Waals surface area contributed by atoms with Gasteiger partial charge >= 0.3 is 6.18 Å². The van der Waals surface area contributed by atoms with E-state index >= 15 is 0 Å². The predicted octanol–water partition coefficient (Wildman–Crippen LogP) is 2.15. The van der Waals surface area contributed by atoms with Crippen molar-refractivity contribution in [2.24, 2.45) is 0 Å². The Balaban J connectivity index is 4.67. The molecule has 3 nitrogen and oxygen atoms in total. The van der Waals surface area contributed by atoms with E-state index < -0.39 is 30.5 Å². The van der Waals surface area contributed by atoms with E-state index in [9.17, 15) is 22.8 Å². The molecule has 0 spiro atoms. The summed E-state index contributed by atoms with van der Waals surface area (Å²) in [4.78, 5) is 23.2. The van der Waals surface area contributed by atoms with Crippen LogP contribution >= 0.6 is 0 Å². The van der Waals surface area contributed by atoms with Crippen LogP contribution in [0.2, 0.25) is 0 Å². The molecule has 0 aliphatic carbocycles. The van der Waals surface area contributed by atoms with Crippen molar-refractivity contribution in [2.75, 3.05) is 6.54 Å². The highest BCUT2D eigenvalue weighted by Crippen LogP contribution is 2.18. The lowest BCUT2D eigenvalue weighted by Gasteiger charge is -2.26. The molecule has 0 atom stereocenters. The van der Waals surface area contributed by atoms with Gasteiger partial charge in [-0.15, -0.1) is 0 Å². The molecule has 1 amide bonds. The second-order valence-electron chi connectivity index (χ2n) is 3.82. The number of Topliss-reactive ketones (excluding diaryl/α,β-unsaturated/α-hetero) is 1. The number of alkyl halides is 3. The molecule has 0 N–H and O–H groups in total. The van der Waals surface area contributed by atoms with Gasteiger partial charge in [-0.3, -0.25) is 9.59 Å². The SMILES string of the molecule is CCCC(=O)C(=O)N(CC(F)(F)F)C(C)C. The van der Waals surface area contributed by atoms with E-state index in [-0.39, 0.29) is 6.42 Å². The summed E-state index contributed by atoms with van der Waals surface area (Å²) in [5.41, 5.74) is 0. The van der Waals surface area contributed by atoms with Gasteiger partial charge in [-0.05, 0) is 20.3 Å². The quantitative estimate of drug-likeness (QED) is 0.689. The van der Waals surface area contributed by atoms with Gasteiger partial charge in [0.1, 0.15) is 6.54 Å². The minimum absolute atomic E-state index is 0.0140. The number of carbonyl (C=O) groups excluding carboxylic acids is 2. The minimum Gasteiger partial charge on any atom is -0.325 e. The maximum atomic E-state index is 12.2. The predicted molar refractivity (Wildman–Crippen MR) is 52.8 cm³/mol. The first-order valence-corrected chi connectivity index (χ1v) is 5.09. The highest BCUT2D eigenvalue weighted by Gasteiger charge is 2.35. The largest absolute Gasteiger partial charge is 0.406 e. The molecule has 0 heterocycles. The van der Waals surface area contributed by atoms with Crippen molar-refractivity contribution >= 4 is 11.7 Å². The van der Waals surface area contributed by atoms with E-state index in [2.05, 4.69) is 0 Å². The smallest absolute Gasteiger partial charge is 0.325 e. The fourth-order valence-corrected chi connectivity index (χ4v) is 1.18. The molecule has 0 fully saturated rings. The Hall–Kier alpha value is -1.07. The summed E-state index contributed by atoms with van der Waals surface area (Å²) in [6.07, 6.45) is -4.05. The highest BCUT2D eigenvalue weighted by molar-refractivity contribution is 6.36. The molecule has 6 heteroatoms. The normalized spacial score (nSPS) is 11.7. The number of nitrogens with zero attached hydrogens (tertiary/aromatic N) is 1. The van der Waals surface area contributed by atoms with Gasteiger partial charge in [-0.2, -0.15) is 13.2 Å². The van der Waals surface area contributed by atoms with Crippen molar-refractivity contribution < 1.29 is 22.8 Å². The molecular weight excluding hydrogens is 223 g/mol. The molecule has 0 radical (unpaired) electrons. The third-order valence-corrected chi connectivity index (χ3v) is 1.95. The van der Waals surface area contributed by atoms with E-state index in [0.717, 1.165) is 0 Å². The van der Waals surface area contributed by atoms with Crippen molar-refractivity contribution in [3.8, 4) is 0 Å². The van der Waals surface area contributed by atoms with Crippen molar-refractivity contribution in [2.45, 2.75) is 45.8 Å². The zero-order valence-corrected chi connectivity index (χ0v) is 9.60. The Bertz CT molecular complexity index is 261. The molecule has 94 valence electrons. The van der Waals surface area contributed by atoms with Crippen LogP contribution in [-0.2, 0) is 9.59 Å². The van der Waals surface area contributed by atoms with Crippen LogP contribution in [0.4, 0.5) is 13.2 Å². The van der Waals surface area contributed by atoms with E-state index in [1.165, 1.54) is 13.8 Å².